The number of amides is 1. The highest BCUT2D eigenvalue weighted by molar-refractivity contribution is 5.78. The normalized spacial score (nSPS) is 12.4. The third kappa shape index (κ3) is 4.83. The van der Waals surface area contributed by atoms with Crippen LogP contribution in [0.25, 0.3) is 11.5 Å². The topological polar surface area (TPSA) is 114 Å². The number of nitrogens with zero attached hydrogens (tertiary/aromatic N) is 4. The van der Waals surface area contributed by atoms with Gasteiger partial charge < -0.3 is 9.73 Å². The molecule has 0 saturated carbocycles. The summed E-state index contributed by atoms with van der Waals surface area (Å²) in [6.45, 7) is 5.86. The molecule has 9 heteroatoms. The summed E-state index contributed by atoms with van der Waals surface area (Å²) in [5.74, 6) is 0.560. The molecule has 1 atom stereocenters. The molecule has 0 unspecified atom stereocenters. The van der Waals surface area contributed by atoms with Crippen molar-refractivity contribution in [2.24, 2.45) is 0 Å². The van der Waals surface area contributed by atoms with E-state index in [9.17, 15) is 14.9 Å². The number of non-ortho nitro benzene ring substituents is 1. The summed E-state index contributed by atoms with van der Waals surface area (Å²) >= 11 is 0. The van der Waals surface area contributed by atoms with Crippen molar-refractivity contribution >= 4 is 11.6 Å². The summed E-state index contributed by atoms with van der Waals surface area (Å²) in [4.78, 5) is 23.9. The second-order valence-electron chi connectivity index (χ2n) is 6.06. The van der Waals surface area contributed by atoms with Gasteiger partial charge >= 0.3 is 0 Å². The SMILES string of the molecule is CC(C)NC(=O)CN(C)[C@H](C)c1nnc(-c2ccc([N+](=O)[O-])cc2)o1. The van der Waals surface area contributed by atoms with Gasteiger partial charge in [-0.3, -0.25) is 19.8 Å². The minimum absolute atomic E-state index is 0.00671. The molecule has 0 saturated heterocycles. The number of rotatable bonds is 7. The molecule has 9 nitrogen and oxygen atoms in total. The van der Waals surface area contributed by atoms with Crippen LogP contribution in [-0.2, 0) is 4.79 Å². The zero-order valence-corrected chi connectivity index (χ0v) is 14.6. The fourth-order valence-corrected chi connectivity index (χ4v) is 2.17. The minimum atomic E-state index is -0.470. The number of hydrogen-bond acceptors (Lipinski definition) is 7. The smallest absolute Gasteiger partial charge is 0.269 e. The van der Waals surface area contributed by atoms with Gasteiger partial charge in [-0.05, 0) is 40.0 Å². The van der Waals surface area contributed by atoms with Crippen LogP contribution in [0.15, 0.2) is 28.7 Å². The van der Waals surface area contributed by atoms with E-state index >= 15 is 0 Å². The molecule has 0 fully saturated rings. The lowest BCUT2D eigenvalue weighted by atomic mass is 10.2. The van der Waals surface area contributed by atoms with Crippen molar-refractivity contribution in [3.63, 3.8) is 0 Å². The molecule has 0 aliphatic carbocycles. The minimum Gasteiger partial charge on any atom is -0.419 e. The zero-order valence-electron chi connectivity index (χ0n) is 14.6. The van der Waals surface area contributed by atoms with Crippen molar-refractivity contribution < 1.29 is 14.1 Å². The van der Waals surface area contributed by atoms with E-state index in [2.05, 4.69) is 15.5 Å². The van der Waals surface area contributed by atoms with Crippen LogP contribution in [0, 0.1) is 10.1 Å². The number of aromatic nitrogens is 2. The van der Waals surface area contributed by atoms with Gasteiger partial charge in [0, 0.05) is 23.7 Å². The molecule has 134 valence electrons. The van der Waals surface area contributed by atoms with Crippen LogP contribution in [0.2, 0.25) is 0 Å². The van der Waals surface area contributed by atoms with Crippen molar-refractivity contribution in [2.75, 3.05) is 13.6 Å². The maximum atomic E-state index is 11.8. The predicted octanol–water partition coefficient (Wildman–Crippen LogP) is 2.16. The first-order valence-corrected chi connectivity index (χ1v) is 7.85. The Balaban J connectivity index is 2.06. The molecular weight excluding hydrogens is 326 g/mol. The molecule has 25 heavy (non-hydrogen) atoms. The number of nitrogens with one attached hydrogen (secondary N) is 1. The van der Waals surface area contributed by atoms with Gasteiger partial charge in [-0.25, -0.2) is 0 Å². The first kappa shape index (κ1) is 18.5. The van der Waals surface area contributed by atoms with Gasteiger partial charge in [0.05, 0.1) is 17.5 Å². The van der Waals surface area contributed by atoms with E-state index in [0.29, 0.717) is 11.5 Å². The lowest BCUT2D eigenvalue weighted by Crippen LogP contribution is -2.39. The number of hydrogen-bond donors (Lipinski definition) is 1. The highest BCUT2D eigenvalue weighted by Gasteiger charge is 2.21. The summed E-state index contributed by atoms with van der Waals surface area (Å²) in [5, 5.41) is 21.5. The Morgan fingerprint density at radius 2 is 1.92 bits per heavy atom. The molecule has 0 aliphatic heterocycles. The van der Waals surface area contributed by atoms with Crippen molar-refractivity contribution in [3.05, 3.63) is 40.3 Å². The van der Waals surface area contributed by atoms with Crippen LogP contribution in [0.5, 0.6) is 0 Å². The van der Waals surface area contributed by atoms with Gasteiger partial charge in [-0.15, -0.1) is 10.2 Å². The Kier molecular flexibility index (Phi) is 5.81. The molecule has 2 rings (SSSR count). The van der Waals surface area contributed by atoms with Gasteiger partial charge in [0.2, 0.25) is 17.7 Å². The number of benzene rings is 1. The summed E-state index contributed by atoms with van der Waals surface area (Å²) in [6.07, 6.45) is 0. The fraction of sp³-hybridized carbons (Fsp3) is 0.438. The molecular formula is C16H21N5O4. The molecule has 0 aliphatic rings. The molecule has 1 heterocycles. The highest BCUT2D eigenvalue weighted by atomic mass is 16.6. The lowest BCUT2D eigenvalue weighted by molar-refractivity contribution is -0.384. The Hall–Kier alpha value is -2.81. The number of carbonyl (C=O) groups is 1. The summed E-state index contributed by atoms with van der Waals surface area (Å²) in [5.41, 5.74) is 0.588. The zero-order chi connectivity index (χ0) is 18.6. The Morgan fingerprint density at radius 1 is 1.28 bits per heavy atom. The van der Waals surface area contributed by atoms with Crippen molar-refractivity contribution in [1.82, 2.24) is 20.4 Å². The van der Waals surface area contributed by atoms with E-state index in [1.165, 1.54) is 12.1 Å². The van der Waals surface area contributed by atoms with Gasteiger partial charge in [0.15, 0.2) is 0 Å². The second kappa shape index (κ2) is 7.84. The number of nitro benzene ring substituents is 1. The van der Waals surface area contributed by atoms with Crippen LogP contribution < -0.4 is 5.32 Å². The predicted molar refractivity (Wildman–Crippen MR) is 90.7 cm³/mol. The van der Waals surface area contributed by atoms with Gasteiger partial charge in [0.25, 0.3) is 5.69 Å². The van der Waals surface area contributed by atoms with E-state index in [1.807, 2.05) is 20.8 Å². The fourth-order valence-electron chi connectivity index (χ4n) is 2.17. The lowest BCUT2D eigenvalue weighted by Gasteiger charge is -2.21. The van der Waals surface area contributed by atoms with E-state index in [4.69, 9.17) is 4.42 Å². The van der Waals surface area contributed by atoms with Crippen LogP contribution in [0.1, 0.15) is 32.7 Å². The third-order valence-corrected chi connectivity index (χ3v) is 3.63. The number of carbonyl (C=O) groups excluding carboxylic acids is 1. The standard InChI is InChI=1S/C16H21N5O4/c1-10(2)17-14(22)9-20(4)11(3)15-18-19-16(25-15)12-5-7-13(8-6-12)21(23)24/h5-8,10-11H,9H2,1-4H3,(H,17,22)/t11-/m1/s1. The first-order chi connectivity index (χ1) is 11.8. The average molecular weight is 347 g/mol. The Morgan fingerprint density at radius 3 is 2.48 bits per heavy atom. The average Bonchev–Trinajstić information content (AvgIpc) is 3.03. The first-order valence-electron chi connectivity index (χ1n) is 7.85. The monoisotopic (exact) mass is 347 g/mol. The summed E-state index contributed by atoms with van der Waals surface area (Å²) in [7, 11) is 1.79. The second-order valence-corrected chi connectivity index (χ2v) is 6.06. The van der Waals surface area contributed by atoms with E-state index in [1.54, 1.807) is 24.1 Å². The van der Waals surface area contributed by atoms with Gasteiger partial charge in [-0.1, -0.05) is 0 Å². The molecule has 1 aromatic heterocycles. The number of nitro groups is 1. The third-order valence-electron chi connectivity index (χ3n) is 3.63. The van der Waals surface area contributed by atoms with E-state index < -0.39 is 4.92 Å². The molecule has 1 amide bonds. The largest absolute Gasteiger partial charge is 0.419 e. The molecule has 2 aromatic rings. The Labute approximate surface area is 145 Å². The quantitative estimate of drug-likeness (QED) is 0.603. The highest BCUT2D eigenvalue weighted by Crippen LogP contribution is 2.24. The van der Waals surface area contributed by atoms with Crippen molar-refractivity contribution in [1.29, 1.82) is 0 Å². The van der Waals surface area contributed by atoms with Crippen molar-refractivity contribution in [3.8, 4) is 11.5 Å². The maximum Gasteiger partial charge on any atom is 0.269 e. The Bertz CT molecular complexity index is 741. The van der Waals surface area contributed by atoms with E-state index in [0.717, 1.165) is 0 Å². The summed E-state index contributed by atoms with van der Waals surface area (Å²) < 4.78 is 5.65. The van der Waals surface area contributed by atoms with E-state index in [-0.39, 0.29) is 36.1 Å². The molecule has 1 aromatic carbocycles. The van der Waals surface area contributed by atoms with Crippen molar-refractivity contribution in [2.45, 2.75) is 32.9 Å². The molecule has 0 radical (unpaired) electrons. The van der Waals surface area contributed by atoms with Crippen LogP contribution >= 0.6 is 0 Å². The maximum absolute atomic E-state index is 11.8. The van der Waals surface area contributed by atoms with Crippen LogP contribution in [0.4, 0.5) is 5.69 Å². The van der Waals surface area contributed by atoms with Crippen LogP contribution in [0.3, 0.4) is 0 Å². The van der Waals surface area contributed by atoms with Gasteiger partial charge in [-0.2, -0.15) is 0 Å². The molecule has 0 spiro atoms. The molecule has 1 N–H and O–H groups in total. The van der Waals surface area contributed by atoms with Crippen LogP contribution in [-0.4, -0.2) is 45.6 Å². The summed E-state index contributed by atoms with van der Waals surface area (Å²) in [6, 6.07) is 5.70. The molecule has 0 bridgehead atoms. The van der Waals surface area contributed by atoms with Gasteiger partial charge in [0.1, 0.15) is 0 Å². The number of likely N-dealkylation sites (N-methyl/N-ethyl adjacent to an activating group) is 1.